The van der Waals surface area contributed by atoms with Gasteiger partial charge < -0.3 is 10.6 Å². The summed E-state index contributed by atoms with van der Waals surface area (Å²) in [5.74, 6) is 4.67. The first-order valence-corrected chi connectivity index (χ1v) is 5.07. The normalized spacial score (nSPS) is 14.6. The quantitative estimate of drug-likeness (QED) is 0.737. The molecule has 1 aromatic heterocycles. The summed E-state index contributed by atoms with van der Waals surface area (Å²) in [7, 11) is 0. The second-order valence-corrected chi connectivity index (χ2v) is 3.84. The van der Waals surface area contributed by atoms with Crippen LogP contribution in [0.15, 0.2) is 12.1 Å². The van der Waals surface area contributed by atoms with Crippen molar-refractivity contribution >= 4 is 11.6 Å². The van der Waals surface area contributed by atoms with E-state index in [1.54, 1.807) is 6.07 Å². The molecule has 0 radical (unpaired) electrons. The molecule has 78 valence electrons. The summed E-state index contributed by atoms with van der Waals surface area (Å²) in [6.07, 6.45) is 7.92. The lowest BCUT2D eigenvalue weighted by molar-refractivity contribution is 0.747. The number of hydrogen-bond donors (Lipinski definition) is 1. The van der Waals surface area contributed by atoms with Crippen LogP contribution >= 0.6 is 0 Å². The van der Waals surface area contributed by atoms with Gasteiger partial charge in [-0.25, -0.2) is 0 Å². The summed E-state index contributed by atoms with van der Waals surface area (Å²) in [4.78, 5) is 2.07. The lowest BCUT2D eigenvalue weighted by atomic mass is 10.3. The lowest BCUT2D eigenvalue weighted by Crippen LogP contribution is -2.27. The van der Waals surface area contributed by atoms with Crippen LogP contribution in [0.3, 0.4) is 0 Å². The number of hydrogen-bond acceptors (Lipinski definition) is 4. The van der Waals surface area contributed by atoms with Crippen molar-refractivity contribution in [1.82, 2.24) is 10.2 Å². The largest absolute Gasteiger partial charge is 0.382 e. The van der Waals surface area contributed by atoms with Crippen molar-refractivity contribution in [3.63, 3.8) is 0 Å². The average molecular weight is 202 g/mol. The average Bonchev–Trinajstić information content (AvgIpc) is 3.02. The molecule has 2 rings (SSSR count). The van der Waals surface area contributed by atoms with E-state index < -0.39 is 0 Å². The van der Waals surface area contributed by atoms with E-state index in [9.17, 15) is 0 Å². The van der Waals surface area contributed by atoms with Gasteiger partial charge in [0.1, 0.15) is 5.82 Å². The predicted molar refractivity (Wildman–Crippen MR) is 60.2 cm³/mol. The molecule has 4 heteroatoms. The molecule has 1 saturated carbocycles. The minimum absolute atomic E-state index is 0.436. The number of nitrogens with two attached hydrogens (primary N) is 1. The molecule has 1 fully saturated rings. The van der Waals surface area contributed by atoms with Gasteiger partial charge in [0, 0.05) is 6.54 Å². The molecule has 0 atom stereocenters. The van der Waals surface area contributed by atoms with Crippen molar-refractivity contribution in [2.24, 2.45) is 5.92 Å². The maximum Gasteiger partial charge on any atom is 0.152 e. The van der Waals surface area contributed by atoms with E-state index in [4.69, 9.17) is 12.2 Å². The van der Waals surface area contributed by atoms with Gasteiger partial charge in [-0.15, -0.1) is 16.6 Å². The Morgan fingerprint density at radius 3 is 2.80 bits per heavy atom. The highest BCUT2D eigenvalue weighted by molar-refractivity contribution is 5.42. The van der Waals surface area contributed by atoms with Crippen LogP contribution in [0.25, 0.3) is 0 Å². The first-order valence-electron chi connectivity index (χ1n) is 5.07. The molecule has 0 spiro atoms. The van der Waals surface area contributed by atoms with E-state index in [1.165, 1.54) is 12.8 Å². The number of nitrogens with zero attached hydrogens (tertiary/aromatic N) is 3. The van der Waals surface area contributed by atoms with E-state index in [1.807, 2.05) is 6.07 Å². The van der Waals surface area contributed by atoms with Crippen LogP contribution in [-0.2, 0) is 0 Å². The minimum Gasteiger partial charge on any atom is -0.382 e. The molecule has 1 aliphatic carbocycles. The van der Waals surface area contributed by atoms with Gasteiger partial charge in [-0.1, -0.05) is 5.92 Å². The lowest BCUT2D eigenvalue weighted by Gasteiger charge is -2.20. The van der Waals surface area contributed by atoms with Gasteiger partial charge in [-0.3, -0.25) is 0 Å². The fourth-order valence-corrected chi connectivity index (χ4v) is 1.47. The number of anilines is 2. The number of aromatic nitrogens is 2. The van der Waals surface area contributed by atoms with Gasteiger partial charge in [0.2, 0.25) is 0 Å². The molecule has 0 aliphatic heterocycles. The number of terminal acetylenes is 1. The third-order valence-electron chi connectivity index (χ3n) is 2.45. The van der Waals surface area contributed by atoms with Gasteiger partial charge in [0.15, 0.2) is 5.82 Å². The van der Waals surface area contributed by atoms with Crippen LogP contribution in [0.4, 0.5) is 11.6 Å². The summed E-state index contributed by atoms with van der Waals surface area (Å²) in [5, 5.41) is 7.86. The van der Waals surface area contributed by atoms with Crippen molar-refractivity contribution in [1.29, 1.82) is 0 Å². The standard InChI is InChI=1S/C11H14N4/c1-2-7-15(8-9-3-4-9)11-6-5-10(12)13-14-11/h1,5-6,9H,3-4,7-8H2,(H2,12,13). The summed E-state index contributed by atoms with van der Waals surface area (Å²) >= 11 is 0. The van der Waals surface area contributed by atoms with Crippen molar-refractivity contribution in [3.8, 4) is 12.3 Å². The van der Waals surface area contributed by atoms with Gasteiger partial charge >= 0.3 is 0 Å². The zero-order valence-corrected chi connectivity index (χ0v) is 8.56. The molecule has 0 aromatic carbocycles. The highest BCUT2D eigenvalue weighted by Crippen LogP contribution is 2.30. The van der Waals surface area contributed by atoms with Crippen molar-refractivity contribution in [2.75, 3.05) is 23.7 Å². The Labute approximate surface area is 89.5 Å². The molecule has 0 saturated heterocycles. The Kier molecular flexibility index (Phi) is 2.72. The summed E-state index contributed by atoms with van der Waals surface area (Å²) in [6, 6.07) is 3.61. The Hall–Kier alpha value is -1.76. The third kappa shape index (κ3) is 2.59. The molecular formula is C11H14N4. The Morgan fingerprint density at radius 2 is 2.27 bits per heavy atom. The predicted octanol–water partition coefficient (Wildman–Crippen LogP) is 0.908. The molecular weight excluding hydrogens is 188 g/mol. The number of rotatable bonds is 4. The molecule has 0 unspecified atom stereocenters. The second-order valence-electron chi connectivity index (χ2n) is 3.84. The van der Waals surface area contributed by atoms with Crippen LogP contribution in [0.2, 0.25) is 0 Å². The Bertz CT molecular complexity index is 361. The van der Waals surface area contributed by atoms with Crippen LogP contribution in [0.5, 0.6) is 0 Å². The smallest absolute Gasteiger partial charge is 0.152 e. The van der Waals surface area contributed by atoms with Crippen LogP contribution in [-0.4, -0.2) is 23.3 Å². The molecule has 15 heavy (non-hydrogen) atoms. The van der Waals surface area contributed by atoms with E-state index >= 15 is 0 Å². The monoisotopic (exact) mass is 202 g/mol. The molecule has 0 bridgehead atoms. The second kappa shape index (κ2) is 4.18. The van der Waals surface area contributed by atoms with Crippen molar-refractivity contribution < 1.29 is 0 Å². The van der Waals surface area contributed by atoms with E-state index in [-0.39, 0.29) is 0 Å². The fourth-order valence-electron chi connectivity index (χ4n) is 1.47. The minimum atomic E-state index is 0.436. The van der Waals surface area contributed by atoms with Crippen LogP contribution in [0, 0.1) is 18.3 Å². The highest BCUT2D eigenvalue weighted by Gasteiger charge is 2.24. The molecule has 1 aliphatic rings. The number of nitrogen functional groups attached to an aromatic ring is 1. The fraction of sp³-hybridized carbons (Fsp3) is 0.455. The SMILES string of the molecule is C#CCN(CC1CC1)c1ccc(N)nn1. The van der Waals surface area contributed by atoms with Gasteiger partial charge in [-0.05, 0) is 30.9 Å². The molecule has 4 nitrogen and oxygen atoms in total. The summed E-state index contributed by atoms with van der Waals surface area (Å²) in [6.45, 7) is 1.55. The molecule has 1 heterocycles. The van der Waals surface area contributed by atoms with Gasteiger partial charge in [0.05, 0.1) is 6.54 Å². The van der Waals surface area contributed by atoms with E-state index in [0.717, 1.165) is 18.3 Å². The summed E-state index contributed by atoms with van der Waals surface area (Å²) in [5.41, 5.74) is 5.48. The summed E-state index contributed by atoms with van der Waals surface area (Å²) < 4.78 is 0. The molecule has 2 N–H and O–H groups in total. The highest BCUT2D eigenvalue weighted by atomic mass is 15.3. The Balaban J connectivity index is 2.08. The maximum atomic E-state index is 5.48. The Morgan fingerprint density at radius 1 is 1.47 bits per heavy atom. The van der Waals surface area contributed by atoms with Gasteiger partial charge in [0.25, 0.3) is 0 Å². The zero-order chi connectivity index (χ0) is 10.7. The van der Waals surface area contributed by atoms with E-state index in [0.29, 0.717) is 12.4 Å². The zero-order valence-electron chi connectivity index (χ0n) is 8.56. The molecule has 1 aromatic rings. The van der Waals surface area contributed by atoms with E-state index in [2.05, 4.69) is 21.0 Å². The maximum absolute atomic E-state index is 5.48. The van der Waals surface area contributed by atoms with Crippen molar-refractivity contribution in [3.05, 3.63) is 12.1 Å². The van der Waals surface area contributed by atoms with Gasteiger partial charge in [-0.2, -0.15) is 0 Å². The molecule has 0 amide bonds. The first-order chi connectivity index (χ1) is 7.29. The van der Waals surface area contributed by atoms with Crippen LogP contribution in [0.1, 0.15) is 12.8 Å². The van der Waals surface area contributed by atoms with Crippen molar-refractivity contribution in [2.45, 2.75) is 12.8 Å². The third-order valence-corrected chi connectivity index (χ3v) is 2.45. The van der Waals surface area contributed by atoms with Crippen LogP contribution < -0.4 is 10.6 Å². The topological polar surface area (TPSA) is 55.0 Å². The first kappa shape index (κ1) is 9.78.